The van der Waals surface area contributed by atoms with Gasteiger partial charge in [0.25, 0.3) is 0 Å². The number of ether oxygens (including phenoxy) is 11. The van der Waals surface area contributed by atoms with Crippen LogP contribution in [0, 0.1) is 40.4 Å². The number of fused-ring (bicyclic) bond motifs is 7. The van der Waals surface area contributed by atoms with Gasteiger partial charge in [0.2, 0.25) is 0 Å². The third kappa shape index (κ3) is 11.7. The Kier molecular flexibility index (Phi) is 19.8. The highest BCUT2D eigenvalue weighted by atomic mass is 16.8. The monoisotopic (exact) mass is 1210 g/mol. The van der Waals surface area contributed by atoms with Gasteiger partial charge in [0, 0.05) is 5.92 Å². The molecule has 84 heavy (non-hydrogen) atoms. The first-order chi connectivity index (χ1) is 39.7. The molecule has 35 atom stereocenters. The molecular formula is C57H92O27. The molecule has 482 valence electrons. The average molecular weight is 1210 g/mol. The highest BCUT2D eigenvalue weighted by Crippen LogP contribution is 2.70. The van der Waals surface area contributed by atoms with Crippen molar-refractivity contribution >= 4 is 0 Å². The van der Waals surface area contributed by atoms with E-state index in [0.29, 0.717) is 43.3 Å². The van der Waals surface area contributed by atoms with E-state index < -0.39 is 185 Å². The molecule has 27 heteroatoms. The van der Waals surface area contributed by atoms with Crippen molar-refractivity contribution in [3.8, 4) is 0 Å². The summed E-state index contributed by atoms with van der Waals surface area (Å²) in [6, 6.07) is 0. The minimum absolute atomic E-state index is 0.118. The number of rotatable bonds is 16. The number of aliphatic hydroxyl groups excluding tert-OH is 15. The van der Waals surface area contributed by atoms with Gasteiger partial charge in [-0.3, -0.25) is 0 Å². The third-order valence-corrected chi connectivity index (χ3v) is 21.0. The van der Waals surface area contributed by atoms with Gasteiger partial charge in [-0.15, -0.1) is 0 Å². The molecule has 6 aliphatic heterocycles. The number of hydrogen-bond acceptors (Lipinski definition) is 27. The van der Waals surface area contributed by atoms with Crippen LogP contribution >= 0.6 is 0 Å². The molecule has 0 bridgehead atoms. The zero-order valence-corrected chi connectivity index (χ0v) is 48.3. The number of aliphatic hydroxyl groups is 16. The lowest BCUT2D eigenvalue weighted by atomic mass is 9.46. The van der Waals surface area contributed by atoms with Gasteiger partial charge in [-0.25, -0.2) is 0 Å². The van der Waals surface area contributed by atoms with Crippen LogP contribution in [0.25, 0.3) is 0 Å². The standard InChI is InChI=1S/C57H92O27/c1-21(20-74-50-42(69)39(66)35(62)30(17-58)79-50)7-10-33-57(6,73)49-29(78-33)16-28-26-9-8-24-15-25(11-13-55(24,4)27(26)12-14-56(28,49)5)77-54-48(84-51-43(70)38(65)34(61)22(2)75-51)47(37(64)32(19-60)81-54)83-52-45(72)41(68)46(23(3)76-52)82-53-44(71)40(67)36(63)31(18-59)80-53/h8,10,21-23,25-32,34-54,58-73H,7,9,11-20H2,1-6H3/b33-10-/t21-,22-,23-,25-,26+,27-,28-,29-,30+,31+,32+,34-,35+,36+,37+,38+,39-,40-,41-,42+,43+,44+,45+,46-,47-,48+,49-,50+,51-,52-,53-,54+,55-,56-,57+/m0/s1. The summed E-state index contributed by atoms with van der Waals surface area (Å²) in [6.45, 7) is 9.28. The van der Waals surface area contributed by atoms with Crippen molar-refractivity contribution in [3.63, 3.8) is 0 Å². The van der Waals surface area contributed by atoms with Crippen LogP contribution in [0.4, 0.5) is 0 Å². The minimum atomic E-state index is -1.97. The predicted octanol–water partition coefficient (Wildman–Crippen LogP) is -4.24. The van der Waals surface area contributed by atoms with Crippen molar-refractivity contribution in [3.05, 3.63) is 23.5 Å². The second kappa shape index (κ2) is 25.5. The highest BCUT2D eigenvalue weighted by molar-refractivity contribution is 5.29. The molecule has 9 fully saturated rings. The Labute approximate surface area is 487 Å². The fourth-order valence-electron chi connectivity index (χ4n) is 16.1. The first kappa shape index (κ1) is 65.2. The van der Waals surface area contributed by atoms with Crippen molar-refractivity contribution in [2.75, 3.05) is 26.4 Å². The summed E-state index contributed by atoms with van der Waals surface area (Å²) in [5.74, 6) is 1.06. The van der Waals surface area contributed by atoms with Gasteiger partial charge in [0.05, 0.1) is 44.7 Å². The maximum Gasteiger partial charge on any atom is 0.187 e. The van der Waals surface area contributed by atoms with Crippen LogP contribution in [0.1, 0.15) is 92.9 Å². The van der Waals surface area contributed by atoms with Crippen LogP contribution < -0.4 is 0 Å². The molecule has 3 saturated carbocycles. The lowest BCUT2D eigenvalue weighted by molar-refractivity contribution is -0.398. The molecule has 0 spiro atoms. The minimum Gasteiger partial charge on any atom is -0.492 e. The van der Waals surface area contributed by atoms with Gasteiger partial charge in [0.1, 0.15) is 127 Å². The first-order valence-electron chi connectivity index (χ1n) is 30.0. The van der Waals surface area contributed by atoms with E-state index in [0.717, 1.165) is 25.7 Å². The lowest BCUT2D eigenvalue weighted by Gasteiger charge is -2.58. The molecule has 10 rings (SSSR count). The molecule has 6 saturated heterocycles. The predicted molar refractivity (Wildman–Crippen MR) is 281 cm³/mol. The largest absolute Gasteiger partial charge is 0.492 e. The van der Waals surface area contributed by atoms with E-state index in [4.69, 9.17) is 52.1 Å². The summed E-state index contributed by atoms with van der Waals surface area (Å²) >= 11 is 0. The van der Waals surface area contributed by atoms with Gasteiger partial charge < -0.3 is 134 Å². The highest BCUT2D eigenvalue weighted by Gasteiger charge is 2.69. The van der Waals surface area contributed by atoms with Crippen LogP contribution in [0.3, 0.4) is 0 Å². The summed E-state index contributed by atoms with van der Waals surface area (Å²) in [5.41, 5.74) is -0.539. The number of hydrogen-bond donors (Lipinski definition) is 16. The third-order valence-electron chi connectivity index (χ3n) is 21.0. The maximum atomic E-state index is 12.4. The Bertz CT molecular complexity index is 2280. The lowest BCUT2D eigenvalue weighted by Crippen LogP contribution is -2.67. The molecular weight excluding hydrogens is 1120 g/mol. The SMILES string of the molecule is C[C@@H](C/C=C1\O[C@H]2C[C@H]3[C@@H]4CC=C5C[C@@H](O[C@@H]6O[C@H](CO)[C@@H](O)[C@H](O[C@@H]7O[C@@H](C)[C@H](O[C@@H]8O[C@H](CO)[C@@H](O)[C@H](O)[C@H]8O)[C@@H](O)[C@H]7O)[C@H]6O[C@@H]6O[C@@H](C)[C@H](O)[C@@H](O)[C@H]6O)CC[C@]5(C)[C@H]4CC[C@]3(C)[C@H]2[C@]1(C)O)CO[C@@H]1O[C@H](CO)[C@@H](O)[C@H](O)[C@H]1O. The van der Waals surface area contributed by atoms with Crippen molar-refractivity contribution in [1.82, 2.24) is 0 Å². The molecule has 0 amide bonds. The van der Waals surface area contributed by atoms with Crippen molar-refractivity contribution in [1.29, 1.82) is 0 Å². The summed E-state index contributed by atoms with van der Waals surface area (Å²) < 4.78 is 66.8. The Balaban J connectivity index is 0.816. The molecule has 27 nitrogen and oxygen atoms in total. The normalized spacial score (nSPS) is 54.9. The molecule has 0 aromatic carbocycles. The second-order valence-corrected chi connectivity index (χ2v) is 26.3. The smallest absolute Gasteiger partial charge is 0.187 e. The summed E-state index contributed by atoms with van der Waals surface area (Å²) in [7, 11) is 0. The first-order valence-corrected chi connectivity index (χ1v) is 30.0. The molecule has 10 aliphatic rings. The molecule has 4 aliphatic carbocycles. The maximum absolute atomic E-state index is 12.4. The molecule has 0 aromatic rings. The van der Waals surface area contributed by atoms with Crippen LogP contribution in [0.2, 0.25) is 0 Å². The summed E-state index contributed by atoms with van der Waals surface area (Å²) in [6.07, 6.45) is -30.3. The van der Waals surface area contributed by atoms with Crippen molar-refractivity contribution in [2.45, 2.75) is 264 Å². The molecule has 6 heterocycles. The van der Waals surface area contributed by atoms with E-state index in [1.54, 1.807) is 0 Å². The van der Waals surface area contributed by atoms with Crippen molar-refractivity contribution in [2.24, 2.45) is 40.4 Å². The molecule has 16 N–H and O–H groups in total. The van der Waals surface area contributed by atoms with E-state index in [-0.39, 0.29) is 41.3 Å². The van der Waals surface area contributed by atoms with E-state index in [2.05, 4.69) is 19.9 Å². The zero-order chi connectivity index (χ0) is 60.8. The van der Waals surface area contributed by atoms with Crippen molar-refractivity contribution < 1.29 is 134 Å². The Morgan fingerprint density at radius 3 is 1.75 bits per heavy atom. The van der Waals surface area contributed by atoms with Gasteiger partial charge in [0.15, 0.2) is 31.5 Å². The molecule has 0 radical (unpaired) electrons. The van der Waals surface area contributed by atoms with E-state index in [1.807, 2.05) is 19.9 Å². The van der Waals surface area contributed by atoms with E-state index in [9.17, 15) is 81.7 Å². The Morgan fingerprint density at radius 1 is 0.571 bits per heavy atom. The summed E-state index contributed by atoms with van der Waals surface area (Å²) in [4.78, 5) is 0. The quantitative estimate of drug-likeness (QED) is 0.0651. The second-order valence-electron chi connectivity index (χ2n) is 26.3. The fraction of sp³-hybridized carbons (Fsp3) is 0.930. The van der Waals surface area contributed by atoms with Crippen LogP contribution in [-0.4, -0.2) is 279 Å². The van der Waals surface area contributed by atoms with E-state index >= 15 is 0 Å². The van der Waals surface area contributed by atoms with Crippen LogP contribution in [0.5, 0.6) is 0 Å². The van der Waals surface area contributed by atoms with E-state index in [1.165, 1.54) is 19.4 Å². The van der Waals surface area contributed by atoms with Gasteiger partial charge >= 0.3 is 0 Å². The fourth-order valence-corrected chi connectivity index (χ4v) is 16.1. The van der Waals surface area contributed by atoms with Gasteiger partial charge in [-0.1, -0.05) is 32.4 Å². The van der Waals surface area contributed by atoms with Gasteiger partial charge in [-0.05, 0) is 113 Å². The van der Waals surface area contributed by atoms with Crippen LogP contribution in [0.15, 0.2) is 23.5 Å². The van der Waals surface area contributed by atoms with Gasteiger partial charge in [-0.2, -0.15) is 0 Å². The van der Waals surface area contributed by atoms with Crippen LogP contribution in [-0.2, 0) is 52.1 Å². The number of allylic oxidation sites excluding steroid dienone is 2. The molecule has 0 unspecified atom stereocenters. The zero-order valence-electron chi connectivity index (χ0n) is 48.3. The average Bonchev–Trinajstić information content (AvgIpc) is 1.51. The summed E-state index contributed by atoms with van der Waals surface area (Å²) in [5, 5.41) is 172. The topological polar surface area (TPSA) is 425 Å². The Hall–Kier alpha value is -1.76. The molecule has 0 aromatic heterocycles. The Morgan fingerprint density at radius 2 is 1.11 bits per heavy atom.